The number of rotatable bonds is 4. The predicted octanol–water partition coefficient (Wildman–Crippen LogP) is 3.24. The maximum absolute atomic E-state index is 3.47. The van der Waals surface area contributed by atoms with Crippen LogP contribution in [0.3, 0.4) is 0 Å². The zero-order valence-corrected chi connectivity index (χ0v) is 13.0. The predicted molar refractivity (Wildman–Crippen MR) is 81.2 cm³/mol. The molecule has 0 saturated heterocycles. The molecule has 2 aromatic carbocycles. The van der Waals surface area contributed by atoms with E-state index in [1.54, 1.807) is 0 Å². The average molecular weight is 323 g/mol. The molecule has 2 rings (SSSR count). The van der Waals surface area contributed by atoms with E-state index in [-0.39, 0.29) is 0 Å². The molecule has 3 heteroatoms. The maximum atomic E-state index is 3.47. The molecule has 0 saturated carbocycles. The minimum absolute atomic E-state index is 1.06. The van der Waals surface area contributed by atoms with Gasteiger partial charge in [0.25, 0.3) is 0 Å². The summed E-state index contributed by atoms with van der Waals surface area (Å²) in [6.45, 7) is 1.06. The van der Waals surface area contributed by atoms with Gasteiger partial charge < -0.3 is 4.90 Å². The monoisotopic (exact) mass is 322 g/mol. The second kappa shape index (κ2) is 6.41. The first-order valence-electron chi connectivity index (χ1n) is 5.95. The Morgan fingerprint density at radius 2 is 1.67 bits per heavy atom. The Kier molecular flexibility index (Phi) is 4.87. The van der Waals surface area contributed by atoms with Gasteiger partial charge >= 0.3 is 0 Å². The van der Waals surface area contributed by atoms with Crippen molar-refractivity contribution in [2.24, 2.45) is 0 Å². The Hall–Kier alpha value is -0.770. The first-order valence-corrected chi connectivity index (χ1v) is 7.56. The maximum Gasteiger partial charge on any atom is 0.103 e. The Bertz CT molecular complexity index is 508. The molecule has 1 nitrogen and oxygen atoms in total. The average Bonchev–Trinajstić information content (AvgIpc) is 2.34. The lowest BCUT2D eigenvalue weighted by molar-refractivity contribution is -0.872. The molecular formula is C15H17BrNS+. The highest BCUT2D eigenvalue weighted by Gasteiger charge is 2.06. The first kappa shape index (κ1) is 13.7. The van der Waals surface area contributed by atoms with Crippen molar-refractivity contribution < 1.29 is 4.90 Å². The molecule has 94 valence electrons. The number of hydrogen-bond donors (Lipinski definition) is 1. The van der Waals surface area contributed by atoms with Gasteiger partial charge in [0.15, 0.2) is 0 Å². The van der Waals surface area contributed by atoms with Gasteiger partial charge in [-0.05, 0) is 30.3 Å². The second-order valence-electron chi connectivity index (χ2n) is 4.55. The summed E-state index contributed by atoms with van der Waals surface area (Å²) in [5, 5.41) is 0. The van der Waals surface area contributed by atoms with Crippen molar-refractivity contribution in [2.45, 2.75) is 16.3 Å². The fraction of sp³-hybridized carbons (Fsp3) is 0.200. The van der Waals surface area contributed by atoms with Crippen LogP contribution in [0.2, 0.25) is 0 Å². The first-order chi connectivity index (χ1) is 8.65. The van der Waals surface area contributed by atoms with Crippen LogP contribution in [0.1, 0.15) is 5.56 Å². The summed E-state index contributed by atoms with van der Waals surface area (Å²) in [7, 11) is 4.36. The molecule has 0 aliphatic carbocycles. The van der Waals surface area contributed by atoms with Gasteiger partial charge in [0.1, 0.15) is 6.54 Å². The molecule has 0 bridgehead atoms. The van der Waals surface area contributed by atoms with Crippen LogP contribution < -0.4 is 4.90 Å². The van der Waals surface area contributed by atoms with Crippen molar-refractivity contribution in [3.63, 3.8) is 0 Å². The number of quaternary nitrogens is 1. The molecule has 0 aliphatic rings. The van der Waals surface area contributed by atoms with Crippen LogP contribution in [0.25, 0.3) is 0 Å². The molecule has 2 aromatic rings. The number of nitrogens with one attached hydrogen (secondary N) is 1. The molecular weight excluding hydrogens is 306 g/mol. The molecule has 0 atom stereocenters. The second-order valence-corrected chi connectivity index (χ2v) is 6.58. The minimum Gasteiger partial charge on any atom is -0.336 e. The lowest BCUT2D eigenvalue weighted by Crippen LogP contribution is -3.04. The highest BCUT2D eigenvalue weighted by molar-refractivity contribution is 9.10. The number of benzene rings is 2. The Morgan fingerprint density at radius 3 is 2.33 bits per heavy atom. The van der Waals surface area contributed by atoms with Crippen LogP contribution in [0.4, 0.5) is 0 Å². The van der Waals surface area contributed by atoms with E-state index >= 15 is 0 Å². The Labute approximate surface area is 121 Å². The van der Waals surface area contributed by atoms with Crippen molar-refractivity contribution >= 4 is 27.7 Å². The topological polar surface area (TPSA) is 4.44 Å². The molecule has 0 aliphatic heterocycles. The molecule has 0 unspecified atom stereocenters. The van der Waals surface area contributed by atoms with Crippen LogP contribution in [0, 0.1) is 0 Å². The third-order valence-corrected chi connectivity index (χ3v) is 4.21. The van der Waals surface area contributed by atoms with Crippen molar-refractivity contribution in [3.8, 4) is 0 Å². The SMILES string of the molecule is C[NH+](C)Cc1ccccc1Sc1ccc(Br)cc1. The fourth-order valence-electron chi connectivity index (χ4n) is 1.76. The molecule has 0 amide bonds. The van der Waals surface area contributed by atoms with Crippen LogP contribution in [-0.2, 0) is 6.54 Å². The van der Waals surface area contributed by atoms with Gasteiger partial charge in [-0.15, -0.1) is 0 Å². The lowest BCUT2D eigenvalue weighted by atomic mass is 10.2. The van der Waals surface area contributed by atoms with Gasteiger partial charge in [0.05, 0.1) is 14.1 Å². The summed E-state index contributed by atoms with van der Waals surface area (Å²) >= 11 is 5.30. The molecule has 0 heterocycles. The molecule has 0 radical (unpaired) electrons. The molecule has 1 N–H and O–H groups in total. The van der Waals surface area contributed by atoms with Crippen LogP contribution in [0.15, 0.2) is 62.8 Å². The molecule has 0 fully saturated rings. The van der Waals surface area contributed by atoms with Gasteiger partial charge in [-0.1, -0.05) is 45.9 Å². The highest BCUT2D eigenvalue weighted by atomic mass is 79.9. The van der Waals surface area contributed by atoms with Gasteiger partial charge in [-0.2, -0.15) is 0 Å². The minimum atomic E-state index is 1.06. The summed E-state index contributed by atoms with van der Waals surface area (Å²) in [6, 6.07) is 17.1. The van der Waals surface area contributed by atoms with Crippen molar-refractivity contribution in [1.82, 2.24) is 0 Å². The molecule has 18 heavy (non-hydrogen) atoms. The summed E-state index contributed by atoms with van der Waals surface area (Å²) < 4.78 is 1.12. The zero-order chi connectivity index (χ0) is 13.0. The summed E-state index contributed by atoms with van der Waals surface area (Å²) in [5.74, 6) is 0. The zero-order valence-electron chi connectivity index (χ0n) is 10.6. The number of halogens is 1. The van der Waals surface area contributed by atoms with Crippen LogP contribution >= 0.6 is 27.7 Å². The fourth-order valence-corrected chi connectivity index (χ4v) is 2.97. The standard InChI is InChI=1S/C15H16BrNS/c1-17(2)11-12-5-3-4-6-15(12)18-14-9-7-13(16)8-10-14/h3-10H,11H2,1-2H3/p+1. The van der Waals surface area contributed by atoms with E-state index < -0.39 is 0 Å². The van der Waals surface area contributed by atoms with E-state index in [1.165, 1.54) is 20.3 Å². The molecule has 0 spiro atoms. The van der Waals surface area contributed by atoms with E-state index in [2.05, 4.69) is 78.6 Å². The van der Waals surface area contributed by atoms with E-state index in [0.29, 0.717) is 0 Å². The smallest absolute Gasteiger partial charge is 0.103 e. The quantitative estimate of drug-likeness (QED) is 0.905. The van der Waals surface area contributed by atoms with E-state index in [1.807, 2.05) is 11.8 Å². The van der Waals surface area contributed by atoms with Crippen molar-refractivity contribution in [1.29, 1.82) is 0 Å². The van der Waals surface area contributed by atoms with E-state index in [4.69, 9.17) is 0 Å². The third-order valence-electron chi connectivity index (χ3n) is 2.56. The highest BCUT2D eigenvalue weighted by Crippen LogP contribution is 2.30. The Balaban J connectivity index is 2.20. The summed E-state index contributed by atoms with van der Waals surface area (Å²) in [4.78, 5) is 4.07. The van der Waals surface area contributed by atoms with Crippen LogP contribution in [-0.4, -0.2) is 14.1 Å². The summed E-state index contributed by atoms with van der Waals surface area (Å²) in [6.07, 6.45) is 0. The largest absolute Gasteiger partial charge is 0.336 e. The Morgan fingerprint density at radius 1 is 1.00 bits per heavy atom. The van der Waals surface area contributed by atoms with Gasteiger partial charge in [-0.3, -0.25) is 0 Å². The number of hydrogen-bond acceptors (Lipinski definition) is 1. The normalized spacial score (nSPS) is 10.9. The van der Waals surface area contributed by atoms with Gasteiger partial charge in [0, 0.05) is 19.8 Å². The molecule has 0 aromatic heterocycles. The van der Waals surface area contributed by atoms with Gasteiger partial charge in [0.2, 0.25) is 0 Å². The third kappa shape index (κ3) is 3.87. The van der Waals surface area contributed by atoms with E-state index in [0.717, 1.165) is 11.0 Å². The van der Waals surface area contributed by atoms with Crippen LogP contribution in [0.5, 0.6) is 0 Å². The van der Waals surface area contributed by atoms with Gasteiger partial charge in [-0.25, -0.2) is 0 Å². The van der Waals surface area contributed by atoms with Crippen molar-refractivity contribution in [2.75, 3.05) is 14.1 Å². The summed E-state index contributed by atoms with van der Waals surface area (Å²) in [5.41, 5.74) is 1.41. The lowest BCUT2D eigenvalue weighted by Gasteiger charge is -2.11. The van der Waals surface area contributed by atoms with Crippen molar-refractivity contribution in [3.05, 3.63) is 58.6 Å². The van der Waals surface area contributed by atoms with E-state index in [9.17, 15) is 0 Å².